The number of nitrogens with one attached hydrogen (secondary N) is 3. The van der Waals surface area contributed by atoms with E-state index in [0.29, 0.717) is 6.54 Å². The second-order valence-corrected chi connectivity index (χ2v) is 11.1. The zero-order valence-electron chi connectivity index (χ0n) is 23.8. The summed E-state index contributed by atoms with van der Waals surface area (Å²) in [5, 5.41) is 8.84. The molecule has 0 aromatic heterocycles. The maximum atomic E-state index is 12.4. The summed E-state index contributed by atoms with van der Waals surface area (Å²) in [5.41, 5.74) is 1.52. The van der Waals surface area contributed by atoms with Crippen molar-refractivity contribution in [2.24, 2.45) is 5.92 Å². The number of hydrogen-bond donors (Lipinski definition) is 3. The van der Waals surface area contributed by atoms with Crippen LogP contribution < -0.4 is 16.0 Å². The topological polar surface area (TPSA) is 70.2 Å². The largest absolute Gasteiger partial charge is 0.338 e. The summed E-state index contributed by atoms with van der Waals surface area (Å²) in [7, 11) is 0. The fourth-order valence-corrected chi connectivity index (χ4v) is 5.30. The van der Waals surface area contributed by atoms with E-state index in [9.17, 15) is 9.59 Å². The zero-order valence-corrected chi connectivity index (χ0v) is 23.8. The van der Waals surface area contributed by atoms with Crippen LogP contribution in [0.3, 0.4) is 0 Å². The average Bonchev–Trinajstić information content (AvgIpc) is 2.92. The number of benzene rings is 1. The maximum absolute atomic E-state index is 12.4. The van der Waals surface area contributed by atoms with E-state index >= 15 is 0 Å². The van der Waals surface area contributed by atoms with Crippen LogP contribution in [-0.2, 0) is 4.79 Å². The van der Waals surface area contributed by atoms with Crippen LogP contribution in [0.2, 0.25) is 0 Å². The van der Waals surface area contributed by atoms with E-state index < -0.39 is 0 Å². The molecule has 1 aromatic rings. The summed E-state index contributed by atoms with van der Waals surface area (Å²) >= 11 is 0. The average molecular weight is 514 g/mol. The Bertz CT molecular complexity index is 713. The van der Waals surface area contributed by atoms with Gasteiger partial charge in [-0.2, -0.15) is 0 Å². The molecule has 3 amide bonds. The molecule has 2 rings (SSSR count). The predicted octanol–water partition coefficient (Wildman–Crippen LogP) is 9.59. The maximum Gasteiger partial charge on any atom is 0.319 e. The lowest BCUT2D eigenvalue weighted by Gasteiger charge is -2.20. The first-order valence-electron chi connectivity index (χ1n) is 15.6. The highest BCUT2D eigenvalue weighted by atomic mass is 16.2. The van der Waals surface area contributed by atoms with E-state index in [1.807, 2.05) is 24.3 Å². The van der Waals surface area contributed by atoms with Gasteiger partial charge in [-0.1, -0.05) is 122 Å². The first kappa shape index (κ1) is 31.2. The molecule has 3 N–H and O–H groups in total. The molecule has 5 nitrogen and oxygen atoms in total. The Morgan fingerprint density at radius 3 is 1.54 bits per heavy atom. The summed E-state index contributed by atoms with van der Waals surface area (Å²) in [5.74, 6) is 0.263. The smallest absolute Gasteiger partial charge is 0.319 e. The third kappa shape index (κ3) is 15.7. The summed E-state index contributed by atoms with van der Waals surface area (Å²) in [6.45, 7) is 2.99. The SMILES string of the molecule is CCCCCCCCCCCCCCCCCCNC(=O)Nc1ccc(NC(=O)C2CCCCC2)cc1. The van der Waals surface area contributed by atoms with Crippen molar-refractivity contribution < 1.29 is 9.59 Å². The van der Waals surface area contributed by atoms with Gasteiger partial charge in [0.05, 0.1) is 0 Å². The monoisotopic (exact) mass is 513 g/mol. The molecule has 210 valence electrons. The minimum Gasteiger partial charge on any atom is -0.338 e. The third-order valence-electron chi connectivity index (χ3n) is 7.70. The lowest BCUT2D eigenvalue weighted by molar-refractivity contribution is -0.120. The third-order valence-corrected chi connectivity index (χ3v) is 7.70. The molecule has 37 heavy (non-hydrogen) atoms. The summed E-state index contributed by atoms with van der Waals surface area (Å²) in [4.78, 5) is 24.5. The number of hydrogen-bond acceptors (Lipinski definition) is 2. The molecule has 0 heterocycles. The van der Waals surface area contributed by atoms with E-state index in [4.69, 9.17) is 0 Å². The van der Waals surface area contributed by atoms with Crippen molar-refractivity contribution in [3.05, 3.63) is 24.3 Å². The van der Waals surface area contributed by atoms with Gasteiger partial charge in [-0.25, -0.2) is 4.79 Å². The Labute approximate surface area is 227 Å². The number of carbonyl (C=O) groups is 2. The van der Waals surface area contributed by atoms with Gasteiger partial charge in [0.15, 0.2) is 0 Å². The van der Waals surface area contributed by atoms with Crippen molar-refractivity contribution in [2.45, 2.75) is 142 Å². The van der Waals surface area contributed by atoms with Gasteiger partial charge in [0.2, 0.25) is 5.91 Å². The number of unbranched alkanes of at least 4 members (excludes halogenated alkanes) is 15. The summed E-state index contributed by atoms with van der Waals surface area (Å²) in [6, 6.07) is 7.22. The van der Waals surface area contributed by atoms with Crippen molar-refractivity contribution >= 4 is 23.3 Å². The van der Waals surface area contributed by atoms with E-state index in [1.54, 1.807) is 0 Å². The van der Waals surface area contributed by atoms with Crippen LogP contribution in [0.15, 0.2) is 24.3 Å². The summed E-state index contributed by atoms with van der Waals surface area (Å²) < 4.78 is 0. The molecule has 0 radical (unpaired) electrons. The molecule has 0 bridgehead atoms. The highest BCUT2D eigenvalue weighted by Crippen LogP contribution is 2.25. The second-order valence-electron chi connectivity index (χ2n) is 11.1. The molecule has 0 saturated heterocycles. The number of rotatable bonds is 20. The first-order valence-corrected chi connectivity index (χ1v) is 15.6. The Morgan fingerprint density at radius 2 is 1.05 bits per heavy atom. The number of amides is 3. The highest BCUT2D eigenvalue weighted by molar-refractivity contribution is 5.93. The molecule has 0 aliphatic heterocycles. The predicted molar refractivity (Wildman–Crippen MR) is 158 cm³/mol. The standard InChI is InChI=1S/C32H55N3O2/c1-2-3-4-5-6-7-8-9-10-11-12-13-14-15-16-20-27-33-32(37)35-30-25-23-29(24-26-30)34-31(36)28-21-18-17-19-22-28/h23-26,28H,2-22,27H2,1H3,(H,34,36)(H2,33,35,37). The first-order chi connectivity index (χ1) is 18.2. The molecule has 0 unspecified atom stereocenters. The molecule has 0 spiro atoms. The number of urea groups is 1. The Kier molecular flexibility index (Phi) is 17.7. The van der Waals surface area contributed by atoms with E-state index in [-0.39, 0.29) is 17.9 Å². The number of carbonyl (C=O) groups excluding carboxylic acids is 2. The zero-order chi connectivity index (χ0) is 26.4. The van der Waals surface area contributed by atoms with Crippen LogP contribution in [0.1, 0.15) is 142 Å². The molecule has 5 heteroatoms. The van der Waals surface area contributed by atoms with Gasteiger partial charge in [-0.15, -0.1) is 0 Å². The van der Waals surface area contributed by atoms with Gasteiger partial charge in [-0.05, 0) is 43.5 Å². The Morgan fingerprint density at radius 1 is 0.622 bits per heavy atom. The quantitative estimate of drug-likeness (QED) is 0.152. The molecule has 1 aromatic carbocycles. The molecule has 1 aliphatic carbocycles. The fourth-order valence-electron chi connectivity index (χ4n) is 5.30. The number of anilines is 2. The van der Waals surface area contributed by atoms with Gasteiger partial charge < -0.3 is 16.0 Å². The van der Waals surface area contributed by atoms with Crippen molar-refractivity contribution in [1.29, 1.82) is 0 Å². The van der Waals surface area contributed by atoms with Crippen LogP contribution in [0.25, 0.3) is 0 Å². The van der Waals surface area contributed by atoms with Gasteiger partial charge >= 0.3 is 6.03 Å². The fraction of sp³-hybridized carbons (Fsp3) is 0.750. The van der Waals surface area contributed by atoms with Gasteiger partial charge in [-0.3, -0.25) is 4.79 Å². The second kappa shape index (κ2) is 21.0. The van der Waals surface area contributed by atoms with Crippen LogP contribution >= 0.6 is 0 Å². The van der Waals surface area contributed by atoms with E-state index in [0.717, 1.165) is 43.5 Å². The van der Waals surface area contributed by atoms with Crippen molar-refractivity contribution in [3.63, 3.8) is 0 Å². The van der Waals surface area contributed by atoms with Gasteiger partial charge in [0.25, 0.3) is 0 Å². The van der Waals surface area contributed by atoms with Crippen molar-refractivity contribution in [2.75, 3.05) is 17.2 Å². The Hall–Kier alpha value is -2.04. The highest BCUT2D eigenvalue weighted by Gasteiger charge is 2.20. The van der Waals surface area contributed by atoms with Gasteiger partial charge in [0, 0.05) is 23.8 Å². The normalized spacial score (nSPS) is 13.9. The van der Waals surface area contributed by atoms with Crippen LogP contribution in [0, 0.1) is 5.92 Å². The minimum absolute atomic E-state index is 0.122. The molecular formula is C32H55N3O2. The van der Waals surface area contributed by atoms with Crippen LogP contribution in [-0.4, -0.2) is 18.5 Å². The molecular weight excluding hydrogens is 458 g/mol. The van der Waals surface area contributed by atoms with E-state index in [2.05, 4.69) is 22.9 Å². The minimum atomic E-state index is -0.167. The van der Waals surface area contributed by atoms with Crippen LogP contribution in [0.5, 0.6) is 0 Å². The molecule has 1 aliphatic rings. The molecule has 1 saturated carbocycles. The van der Waals surface area contributed by atoms with Gasteiger partial charge in [0.1, 0.15) is 0 Å². The molecule has 1 fully saturated rings. The lowest BCUT2D eigenvalue weighted by atomic mass is 9.88. The van der Waals surface area contributed by atoms with Crippen LogP contribution in [0.4, 0.5) is 16.2 Å². The van der Waals surface area contributed by atoms with E-state index in [1.165, 1.54) is 103 Å². The lowest BCUT2D eigenvalue weighted by Crippen LogP contribution is -2.29. The molecule has 0 atom stereocenters. The summed E-state index contributed by atoms with van der Waals surface area (Å²) in [6.07, 6.45) is 27.1. The van der Waals surface area contributed by atoms with Crippen molar-refractivity contribution in [3.8, 4) is 0 Å². The van der Waals surface area contributed by atoms with Crippen molar-refractivity contribution in [1.82, 2.24) is 5.32 Å². The Balaban J connectivity index is 1.38.